The highest BCUT2D eigenvalue weighted by atomic mass is 32.2. The molecule has 2 aliphatic carbocycles. The van der Waals surface area contributed by atoms with Crippen LogP contribution in [-0.2, 0) is 14.3 Å². The number of fused-ring (bicyclic) bond motifs is 1. The van der Waals surface area contributed by atoms with Crippen molar-refractivity contribution in [2.24, 2.45) is 17.8 Å². The maximum absolute atomic E-state index is 13.0. The predicted octanol–water partition coefficient (Wildman–Crippen LogP) is 3.65. The fraction of sp³-hybridized carbons (Fsp3) is 0.652. The third-order valence-electron chi connectivity index (χ3n) is 6.22. The third kappa shape index (κ3) is 6.56. The van der Waals surface area contributed by atoms with Gasteiger partial charge in [-0.3, -0.25) is 19.4 Å². The lowest BCUT2D eigenvalue weighted by Gasteiger charge is -2.29. The molecule has 3 rings (SSSR count). The van der Waals surface area contributed by atoms with Crippen molar-refractivity contribution in [3.63, 3.8) is 0 Å². The average Bonchev–Trinajstić information content (AvgIpc) is 3.15. The molecule has 0 saturated heterocycles. The normalized spacial score (nSPS) is 24.0. The number of carbonyl (C=O) groups is 3. The van der Waals surface area contributed by atoms with Gasteiger partial charge in [-0.1, -0.05) is 19.3 Å². The molecule has 4 atom stereocenters. The molecule has 1 heterocycles. The average molecular weight is 433 g/mol. The van der Waals surface area contributed by atoms with E-state index in [0.29, 0.717) is 35.4 Å². The molecule has 0 spiro atoms. The molecule has 6 nitrogen and oxygen atoms in total. The molecule has 0 aromatic carbocycles. The Labute approximate surface area is 182 Å². The van der Waals surface area contributed by atoms with E-state index in [1.54, 1.807) is 36.3 Å². The molecule has 0 radical (unpaired) electrons. The molecule has 1 aromatic rings. The molecule has 1 amide bonds. The fourth-order valence-corrected chi connectivity index (χ4v) is 5.70. The summed E-state index contributed by atoms with van der Waals surface area (Å²) in [6, 6.07) is 3.47. The zero-order valence-electron chi connectivity index (χ0n) is 17.7. The summed E-state index contributed by atoms with van der Waals surface area (Å²) < 4.78 is 5.88. The number of hydrogen-bond donors (Lipinski definition) is 1. The van der Waals surface area contributed by atoms with Crippen molar-refractivity contribution >= 4 is 29.4 Å². The second-order valence-corrected chi connectivity index (χ2v) is 9.53. The van der Waals surface area contributed by atoms with Crippen LogP contribution in [0.2, 0.25) is 0 Å². The largest absolute Gasteiger partial charge is 0.462 e. The van der Waals surface area contributed by atoms with Gasteiger partial charge in [-0.25, -0.2) is 0 Å². The summed E-state index contributed by atoms with van der Waals surface area (Å²) in [6.07, 6.45) is 10.3. The van der Waals surface area contributed by atoms with E-state index in [1.807, 2.05) is 0 Å². The minimum Gasteiger partial charge on any atom is -0.462 e. The highest BCUT2D eigenvalue weighted by molar-refractivity contribution is 7.99. The third-order valence-corrected chi connectivity index (χ3v) is 7.35. The number of ketones is 1. The van der Waals surface area contributed by atoms with Gasteiger partial charge in [0, 0.05) is 48.8 Å². The van der Waals surface area contributed by atoms with Crippen molar-refractivity contribution in [3.8, 4) is 0 Å². The van der Waals surface area contributed by atoms with Gasteiger partial charge in [0.1, 0.15) is 6.10 Å². The SMILES string of the molecule is CC(=O)NCCSCC(CC(=O)OC1CCC2CCCCC21)C(=O)c1cccnc1. The van der Waals surface area contributed by atoms with Crippen molar-refractivity contribution in [2.75, 3.05) is 18.1 Å². The first-order valence-corrected chi connectivity index (χ1v) is 12.2. The minimum atomic E-state index is -0.451. The first-order valence-electron chi connectivity index (χ1n) is 11.0. The number of thioether (sulfide) groups is 1. The highest BCUT2D eigenvalue weighted by Crippen LogP contribution is 2.43. The molecule has 2 saturated carbocycles. The lowest BCUT2D eigenvalue weighted by Crippen LogP contribution is -2.30. The van der Waals surface area contributed by atoms with Gasteiger partial charge in [0.15, 0.2) is 5.78 Å². The van der Waals surface area contributed by atoms with Gasteiger partial charge in [-0.15, -0.1) is 0 Å². The first kappa shape index (κ1) is 22.8. The quantitative estimate of drug-likeness (QED) is 0.345. The number of nitrogens with zero attached hydrogens (tertiary/aromatic N) is 1. The molecule has 4 unspecified atom stereocenters. The van der Waals surface area contributed by atoms with Crippen LogP contribution in [0.25, 0.3) is 0 Å². The summed E-state index contributed by atoms with van der Waals surface area (Å²) in [7, 11) is 0. The maximum atomic E-state index is 13.0. The molecular weight excluding hydrogens is 400 g/mol. The van der Waals surface area contributed by atoms with E-state index in [-0.39, 0.29) is 30.2 Å². The molecule has 2 aliphatic rings. The van der Waals surface area contributed by atoms with Crippen LogP contribution in [0.1, 0.15) is 62.2 Å². The van der Waals surface area contributed by atoms with Crippen molar-refractivity contribution < 1.29 is 19.1 Å². The van der Waals surface area contributed by atoms with E-state index in [9.17, 15) is 14.4 Å². The number of Topliss-reactive ketones (excluding diaryl/α,β-unsaturated/α-hetero) is 1. The summed E-state index contributed by atoms with van der Waals surface area (Å²) >= 11 is 1.57. The molecule has 30 heavy (non-hydrogen) atoms. The van der Waals surface area contributed by atoms with Crippen molar-refractivity contribution in [1.29, 1.82) is 0 Å². The lowest BCUT2D eigenvalue weighted by molar-refractivity contribution is -0.152. The summed E-state index contributed by atoms with van der Waals surface area (Å²) in [5.41, 5.74) is 0.519. The number of pyridine rings is 1. The molecule has 1 N–H and O–H groups in total. The van der Waals surface area contributed by atoms with Crippen LogP contribution < -0.4 is 5.32 Å². The number of amides is 1. The Balaban J connectivity index is 1.56. The number of ether oxygens (including phenoxy) is 1. The monoisotopic (exact) mass is 432 g/mol. The Morgan fingerprint density at radius 1 is 1.23 bits per heavy atom. The lowest BCUT2D eigenvalue weighted by atomic mass is 9.81. The summed E-state index contributed by atoms with van der Waals surface area (Å²) in [5.74, 6) is 1.55. The van der Waals surface area contributed by atoms with Crippen LogP contribution in [0.5, 0.6) is 0 Å². The molecule has 2 fully saturated rings. The van der Waals surface area contributed by atoms with Gasteiger partial charge >= 0.3 is 5.97 Å². The van der Waals surface area contributed by atoms with Crippen LogP contribution in [0.3, 0.4) is 0 Å². The van der Waals surface area contributed by atoms with Crippen molar-refractivity contribution in [3.05, 3.63) is 30.1 Å². The number of rotatable bonds is 10. The van der Waals surface area contributed by atoms with Gasteiger partial charge in [-0.2, -0.15) is 11.8 Å². The van der Waals surface area contributed by atoms with E-state index < -0.39 is 5.92 Å². The standard InChI is InChI=1S/C23H32N2O4S/c1-16(26)25-11-12-30-15-19(23(28)18-6-4-10-24-14-18)13-22(27)29-21-9-8-17-5-2-3-7-20(17)21/h4,6,10,14,17,19-21H,2-3,5,7-9,11-13,15H2,1H3,(H,25,26). The van der Waals surface area contributed by atoms with Crippen molar-refractivity contribution in [1.82, 2.24) is 10.3 Å². The fourth-order valence-electron chi connectivity index (χ4n) is 4.74. The number of carbonyl (C=O) groups excluding carboxylic acids is 3. The highest BCUT2D eigenvalue weighted by Gasteiger charge is 2.39. The first-order chi connectivity index (χ1) is 14.5. The van der Waals surface area contributed by atoms with E-state index in [1.165, 1.54) is 26.2 Å². The van der Waals surface area contributed by atoms with Crippen LogP contribution >= 0.6 is 11.8 Å². The van der Waals surface area contributed by atoms with Crippen molar-refractivity contribution in [2.45, 2.75) is 58.0 Å². The van der Waals surface area contributed by atoms with Crippen LogP contribution in [-0.4, -0.2) is 46.8 Å². The molecule has 1 aromatic heterocycles. The van der Waals surface area contributed by atoms with Gasteiger partial charge in [-0.05, 0) is 43.2 Å². The van der Waals surface area contributed by atoms with Crippen LogP contribution in [0.4, 0.5) is 0 Å². The summed E-state index contributed by atoms with van der Waals surface area (Å²) in [5, 5.41) is 2.75. The van der Waals surface area contributed by atoms with Crippen LogP contribution in [0, 0.1) is 17.8 Å². The number of nitrogens with one attached hydrogen (secondary N) is 1. The van der Waals surface area contributed by atoms with E-state index in [2.05, 4.69) is 10.3 Å². The zero-order chi connectivity index (χ0) is 21.3. The molecule has 0 aliphatic heterocycles. The predicted molar refractivity (Wildman–Crippen MR) is 117 cm³/mol. The maximum Gasteiger partial charge on any atom is 0.306 e. The number of hydrogen-bond acceptors (Lipinski definition) is 6. The Hall–Kier alpha value is -1.89. The second-order valence-electron chi connectivity index (χ2n) is 8.38. The van der Waals surface area contributed by atoms with Gasteiger partial charge in [0.25, 0.3) is 0 Å². The van der Waals surface area contributed by atoms with Gasteiger partial charge < -0.3 is 10.1 Å². The van der Waals surface area contributed by atoms with Crippen LogP contribution in [0.15, 0.2) is 24.5 Å². The Morgan fingerprint density at radius 3 is 2.83 bits per heavy atom. The Kier molecular flexibility index (Phi) is 8.73. The smallest absolute Gasteiger partial charge is 0.306 e. The zero-order valence-corrected chi connectivity index (χ0v) is 18.5. The Bertz CT molecular complexity index is 727. The summed E-state index contributed by atoms with van der Waals surface area (Å²) in [6.45, 7) is 2.03. The molecule has 0 bridgehead atoms. The van der Waals surface area contributed by atoms with E-state index in [4.69, 9.17) is 4.74 Å². The van der Waals surface area contributed by atoms with E-state index in [0.717, 1.165) is 19.3 Å². The van der Waals surface area contributed by atoms with Gasteiger partial charge in [0.05, 0.1) is 6.42 Å². The number of esters is 1. The Morgan fingerprint density at radius 2 is 2.07 bits per heavy atom. The van der Waals surface area contributed by atoms with E-state index >= 15 is 0 Å². The molecule has 164 valence electrons. The molecule has 7 heteroatoms. The minimum absolute atomic E-state index is 0.0179. The second kappa shape index (κ2) is 11.5. The molecular formula is C23H32N2O4S. The topological polar surface area (TPSA) is 85.4 Å². The summed E-state index contributed by atoms with van der Waals surface area (Å²) in [4.78, 5) is 40.8. The van der Waals surface area contributed by atoms with Gasteiger partial charge in [0.2, 0.25) is 5.91 Å². The number of aromatic nitrogens is 1.